The maximum Gasteiger partial charge on any atom is 0.241 e. The molecular formula is C14H21N3O2S. The van der Waals surface area contributed by atoms with Gasteiger partial charge in [0.1, 0.15) is 0 Å². The number of rotatable bonds is 7. The Morgan fingerprint density at radius 2 is 1.75 bits per heavy atom. The summed E-state index contributed by atoms with van der Waals surface area (Å²) in [5.41, 5.74) is 7.16. The van der Waals surface area contributed by atoms with Gasteiger partial charge in [-0.05, 0) is 42.7 Å². The molecule has 0 aromatic heterocycles. The molecular weight excluding hydrogens is 274 g/mol. The van der Waals surface area contributed by atoms with E-state index in [0.717, 1.165) is 5.75 Å². The molecule has 1 aromatic rings. The smallest absolute Gasteiger partial charge is 0.241 e. The predicted octanol–water partition coefficient (Wildman–Crippen LogP) is 2.05. The number of benzene rings is 1. The van der Waals surface area contributed by atoms with Crippen LogP contribution >= 0.6 is 11.8 Å². The summed E-state index contributed by atoms with van der Waals surface area (Å²) in [6.45, 7) is 1.79. The van der Waals surface area contributed by atoms with E-state index in [4.69, 9.17) is 5.73 Å². The lowest BCUT2D eigenvalue weighted by molar-refractivity contribution is -0.117. The largest absolute Gasteiger partial charge is 0.326 e. The van der Waals surface area contributed by atoms with E-state index in [9.17, 15) is 9.59 Å². The second-order valence-corrected chi connectivity index (χ2v) is 5.34. The Morgan fingerprint density at radius 1 is 1.20 bits per heavy atom. The summed E-state index contributed by atoms with van der Waals surface area (Å²) in [6, 6.07) is 6.48. The van der Waals surface area contributed by atoms with Gasteiger partial charge in [-0.3, -0.25) is 9.59 Å². The molecule has 0 unspecified atom stereocenters. The molecule has 4 N–H and O–H groups in total. The van der Waals surface area contributed by atoms with Gasteiger partial charge in [-0.25, -0.2) is 0 Å². The maximum atomic E-state index is 11.8. The fraction of sp³-hybridized carbons (Fsp3) is 0.429. The van der Waals surface area contributed by atoms with Crippen molar-refractivity contribution in [2.24, 2.45) is 5.73 Å². The molecule has 2 amide bonds. The number of carbonyl (C=O) groups excluding carboxylic acids is 2. The highest BCUT2D eigenvalue weighted by atomic mass is 32.2. The lowest BCUT2D eigenvalue weighted by Crippen LogP contribution is -2.36. The minimum absolute atomic E-state index is 0.0409. The Kier molecular flexibility index (Phi) is 7.11. The van der Waals surface area contributed by atoms with E-state index in [1.165, 1.54) is 0 Å². The highest BCUT2D eigenvalue weighted by Crippen LogP contribution is 2.14. The van der Waals surface area contributed by atoms with Crippen LogP contribution in [0.25, 0.3) is 0 Å². The zero-order chi connectivity index (χ0) is 15.0. The molecule has 0 spiro atoms. The molecule has 0 aliphatic heterocycles. The average Bonchev–Trinajstić information content (AvgIpc) is 2.46. The van der Waals surface area contributed by atoms with Gasteiger partial charge in [0.15, 0.2) is 0 Å². The molecule has 0 aliphatic carbocycles. The number of thioether (sulfide) groups is 1. The SMILES string of the molecule is CCC(=O)Nc1ccc(NC(=O)[C@@H](N)CCSC)cc1. The molecule has 20 heavy (non-hydrogen) atoms. The molecule has 1 atom stereocenters. The van der Waals surface area contributed by atoms with E-state index in [-0.39, 0.29) is 11.8 Å². The Hall–Kier alpha value is -1.53. The summed E-state index contributed by atoms with van der Waals surface area (Å²) < 4.78 is 0. The van der Waals surface area contributed by atoms with Gasteiger partial charge in [0, 0.05) is 17.8 Å². The Balaban J connectivity index is 2.52. The summed E-state index contributed by atoms with van der Waals surface area (Å²) >= 11 is 1.66. The normalized spacial score (nSPS) is 11.8. The number of nitrogens with one attached hydrogen (secondary N) is 2. The molecule has 0 aliphatic rings. The van der Waals surface area contributed by atoms with Crippen LogP contribution in [-0.2, 0) is 9.59 Å². The number of carbonyl (C=O) groups is 2. The van der Waals surface area contributed by atoms with E-state index in [0.29, 0.717) is 24.2 Å². The van der Waals surface area contributed by atoms with Crippen molar-refractivity contribution in [1.82, 2.24) is 0 Å². The van der Waals surface area contributed by atoms with Crippen LogP contribution in [0.5, 0.6) is 0 Å². The quantitative estimate of drug-likeness (QED) is 0.719. The van der Waals surface area contributed by atoms with Gasteiger partial charge < -0.3 is 16.4 Å². The van der Waals surface area contributed by atoms with E-state index >= 15 is 0 Å². The maximum absolute atomic E-state index is 11.8. The summed E-state index contributed by atoms with van der Waals surface area (Å²) in [4.78, 5) is 23.0. The molecule has 0 radical (unpaired) electrons. The van der Waals surface area contributed by atoms with Gasteiger partial charge in [0.25, 0.3) is 0 Å². The zero-order valence-corrected chi connectivity index (χ0v) is 12.6. The third-order valence-corrected chi connectivity index (χ3v) is 3.37. The molecule has 1 rings (SSSR count). The summed E-state index contributed by atoms with van der Waals surface area (Å²) in [5.74, 6) is 0.626. The molecule has 0 heterocycles. The second-order valence-electron chi connectivity index (χ2n) is 4.36. The molecule has 0 bridgehead atoms. The van der Waals surface area contributed by atoms with E-state index < -0.39 is 6.04 Å². The fourth-order valence-electron chi connectivity index (χ4n) is 1.50. The van der Waals surface area contributed by atoms with Crippen LogP contribution in [0.15, 0.2) is 24.3 Å². The van der Waals surface area contributed by atoms with Crippen molar-refractivity contribution in [3.8, 4) is 0 Å². The van der Waals surface area contributed by atoms with E-state index in [2.05, 4.69) is 10.6 Å². The van der Waals surface area contributed by atoms with Crippen molar-refractivity contribution in [3.63, 3.8) is 0 Å². The van der Waals surface area contributed by atoms with Crippen LogP contribution in [0, 0.1) is 0 Å². The number of hydrogen-bond donors (Lipinski definition) is 3. The fourth-order valence-corrected chi connectivity index (χ4v) is 1.99. The van der Waals surface area contributed by atoms with E-state index in [1.807, 2.05) is 6.26 Å². The monoisotopic (exact) mass is 295 g/mol. The Morgan fingerprint density at radius 3 is 2.25 bits per heavy atom. The van der Waals surface area contributed by atoms with E-state index in [1.54, 1.807) is 43.0 Å². The lowest BCUT2D eigenvalue weighted by atomic mass is 10.2. The van der Waals surface area contributed by atoms with Gasteiger partial charge >= 0.3 is 0 Å². The highest BCUT2D eigenvalue weighted by Gasteiger charge is 2.12. The van der Waals surface area contributed by atoms with Crippen molar-refractivity contribution in [2.75, 3.05) is 22.6 Å². The van der Waals surface area contributed by atoms with Crippen molar-refractivity contribution < 1.29 is 9.59 Å². The molecule has 110 valence electrons. The molecule has 0 fully saturated rings. The number of amides is 2. The van der Waals surface area contributed by atoms with Crippen LogP contribution < -0.4 is 16.4 Å². The van der Waals surface area contributed by atoms with Crippen LogP contribution in [-0.4, -0.2) is 29.9 Å². The molecule has 0 saturated carbocycles. The number of anilines is 2. The van der Waals surface area contributed by atoms with Crippen LogP contribution in [0.2, 0.25) is 0 Å². The number of hydrogen-bond acceptors (Lipinski definition) is 4. The first-order valence-corrected chi connectivity index (χ1v) is 7.91. The van der Waals surface area contributed by atoms with Crippen LogP contribution in [0.3, 0.4) is 0 Å². The van der Waals surface area contributed by atoms with Crippen molar-refractivity contribution in [1.29, 1.82) is 0 Å². The van der Waals surface area contributed by atoms with Gasteiger partial charge in [-0.1, -0.05) is 6.92 Å². The second kappa shape index (κ2) is 8.60. The van der Waals surface area contributed by atoms with Crippen molar-refractivity contribution >= 4 is 35.0 Å². The number of nitrogens with two attached hydrogens (primary N) is 1. The molecule has 0 saturated heterocycles. The Labute approximate surface area is 123 Å². The highest BCUT2D eigenvalue weighted by molar-refractivity contribution is 7.98. The summed E-state index contributed by atoms with van der Waals surface area (Å²) in [7, 11) is 0. The lowest BCUT2D eigenvalue weighted by Gasteiger charge is -2.12. The minimum atomic E-state index is -0.498. The topological polar surface area (TPSA) is 84.2 Å². The predicted molar refractivity (Wildman–Crippen MR) is 85.0 cm³/mol. The molecule has 1 aromatic carbocycles. The summed E-state index contributed by atoms with van der Waals surface area (Å²) in [6.07, 6.45) is 3.06. The first-order valence-electron chi connectivity index (χ1n) is 6.52. The summed E-state index contributed by atoms with van der Waals surface area (Å²) in [5, 5.41) is 5.50. The van der Waals surface area contributed by atoms with Gasteiger partial charge in [-0.2, -0.15) is 11.8 Å². The van der Waals surface area contributed by atoms with Gasteiger partial charge in [0.2, 0.25) is 11.8 Å². The van der Waals surface area contributed by atoms with Crippen molar-refractivity contribution in [3.05, 3.63) is 24.3 Å². The Bertz CT molecular complexity index is 448. The van der Waals surface area contributed by atoms with Gasteiger partial charge in [-0.15, -0.1) is 0 Å². The minimum Gasteiger partial charge on any atom is -0.326 e. The average molecular weight is 295 g/mol. The van der Waals surface area contributed by atoms with Crippen LogP contribution in [0.4, 0.5) is 11.4 Å². The first kappa shape index (κ1) is 16.5. The van der Waals surface area contributed by atoms with Gasteiger partial charge in [0.05, 0.1) is 6.04 Å². The third-order valence-electron chi connectivity index (χ3n) is 2.73. The third kappa shape index (κ3) is 5.63. The molecule has 5 nitrogen and oxygen atoms in total. The van der Waals surface area contributed by atoms with Crippen molar-refractivity contribution in [2.45, 2.75) is 25.8 Å². The van der Waals surface area contributed by atoms with Crippen LogP contribution in [0.1, 0.15) is 19.8 Å². The first-order chi connectivity index (χ1) is 9.56. The standard InChI is InChI=1S/C14H21N3O2S/c1-3-13(18)16-10-4-6-11(7-5-10)17-14(19)12(15)8-9-20-2/h4-7,12H,3,8-9,15H2,1-2H3,(H,16,18)(H,17,19)/t12-/m0/s1. The zero-order valence-electron chi connectivity index (χ0n) is 11.8. The molecule has 6 heteroatoms.